The van der Waals surface area contributed by atoms with Gasteiger partial charge in [-0.05, 0) is 49.9 Å². The van der Waals surface area contributed by atoms with Crippen LogP contribution in [0, 0.1) is 5.92 Å². The van der Waals surface area contributed by atoms with Crippen LogP contribution in [0.5, 0.6) is 0 Å². The Morgan fingerprint density at radius 2 is 2.19 bits per heavy atom. The number of nitrogens with one attached hydrogen (secondary N) is 1. The number of amides is 1. The minimum atomic E-state index is 0.131. The Morgan fingerprint density at radius 1 is 1.38 bits per heavy atom. The zero-order valence-corrected chi connectivity index (χ0v) is 12.9. The first-order valence-corrected chi connectivity index (χ1v) is 8.02. The summed E-state index contributed by atoms with van der Waals surface area (Å²) in [6, 6.07) is 9.99. The lowest BCUT2D eigenvalue weighted by Gasteiger charge is -2.29. The maximum absolute atomic E-state index is 12.4. The minimum absolute atomic E-state index is 0.131. The Kier molecular flexibility index (Phi) is 6.48. The van der Waals surface area contributed by atoms with Crippen LogP contribution in [-0.4, -0.2) is 37.0 Å². The van der Waals surface area contributed by atoms with Gasteiger partial charge in [0.2, 0.25) is 5.91 Å². The summed E-state index contributed by atoms with van der Waals surface area (Å²) in [5.74, 6) is 0.727. The predicted molar refractivity (Wildman–Crippen MR) is 87.9 cm³/mol. The molecule has 0 aliphatic carbocycles. The Hall–Kier alpha value is -1.61. The van der Waals surface area contributed by atoms with Crippen molar-refractivity contribution in [3.8, 4) is 0 Å². The van der Waals surface area contributed by atoms with E-state index in [1.165, 1.54) is 12.8 Å². The minimum Gasteiger partial charge on any atom is -0.339 e. The van der Waals surface area contributed by atoms with E-state index in [1.54, 1.807) is 6.08 Å². The molecule has 1 saturated heterocycles. The van der Waals surface area contributed by atoms with Crippen molar-refractivity contribution in [2.75, 3.05) is 26.2 Å². The van der Waals surface area contributed by atoms with Crippen molar-refractivity contribution < 1.29 is 4.79 Å². The van der Waals surface area contributed by atoms with Gasteiger partial charge in [-0.15, -0.1) is 0 Å². The summed E-state index contributed by atoms with van der Waals surface area (Å²) in [5, 5.41) is 3.42. The third-order valence-electron chi connectivity index (χ3n) is 3.90. The topological polar surface area (TPSA) is 32.3 Å². The van der Waals surface area contributed by atoms with Gasteiger partial charge in [-0.3, -0.25) is 4.79 Å². The van der Waals surface area contributed by atoms with Gasteiger partial charge in [0.25, 0.3) is 0 Å². The molecule has 3 heteroatoms. The second-order valence-corrected chi connectivity index (χ2v) is 5.74. The van der Waals surface area contributed by atoms with Gasteiger partial charge in [0.1, 0.15) is 0 Å². The van der Waals surface area contributed by atoms with Crippen molar-refractivity contribution in [2.45, 2.75) is 26.2 Å². The van der Waals surface area contributed by atoms with E-state index < -0.39 is 0 Å². The molecule has 1 amide bonds. The summed E-state index contributed by atoms with van der Waals surface area (Å²) in [4.78, 5) is 14.4. The van der Waals surface area contributed by atoms with Gasteiger partial charge in [0.15, 0.2) is 0 Å². The van der Waals surface area contributed by atoms with Crippen LogP contribution in [0.1, 0.15) is 31.7 Å². The van der Waals surface area contributed by atoms with Gasteiger partial charge in [-0.2, -0.15) is 0 Å². The van der Waals surface area contributed by atoms with E-state index in [0.717, 1.165) is 38.2 Å². The van der Waals surface area contributed by atoms with Gasteiger partial charge in [0.05, 0.1) is 0 Å². The highest BCUT2D eigenvalue weighted by atomic mass is 16.2. The normalized spacial score (nSPS) is 18.8. The summed E-state index contributed by atoms with van der Waals surface area (Å²) in [7, 11) is 0. The van der Waals surface area contributed by atoms with E-state index in [-0.39, 0.29) is 5.91 Å². The number of nitrogens with zero attached hydrogens (tertiary/aromatic N) is 1. The first kappa shape index (κ1) is 15.8. The summed E-state index contributed by atoms with van der Waals surface area (Å²) >= 11 is 0. The highest BCUT2D eigenvalue weighted by Gasteiger charge is 2.18. The highest BCUT2D eigenvalue weighted by Crippen LogP contribution is 2.13. The summed E-state index contributed by atoms with van der Waals surface area (Å²) in [5.41, 5.74) is 1.07. The zero-order valence-electron chi connectivity index (χ0n) is 12.9. The SMILES string of the molecule is CCCN(CC1CCCNC1)C(=O)/C=C/c1ccccc1. The molecule has 1 unspecified atom stereocenters. The zero-order chi connectivity index (χ0) is 14.9. The predicted octanol–water partition coefficient (Wildman–Crippen LogP) is 2.94. The summed E-state index contributed by atoms with van der Waals surface area (Å²) in [6.07, 6.45) is 7.07. The summed E-state index contributed by atoms with van der Waals surface area (Å²) < 4.78 is 0. The van der Waals surface area contributed by atoms with Gasteiger partial charge in [-0.25, -0.2) is 0 Å². The number of benzene rings is 1. The Morgan fingerprint density at radius 3 is 2.86 bits per heavy atom. The number of hydrogen-bond donors (Lipinski definition) is 1. The fraction of sp³-hybridized carbons (Fsp3) is 0.500. The van der Waals surface area contributed by atoms with Crippen LogP contribution in [0.4, 0.5) is 0 Å². The van der Waals surface area contributed by atoms with Crippen molar-refractivity contribution in [3.63, 3.8) is 0 Å². The number of piperidine rings is 1. The van der Waals surface area contributed by atoms with Crippen LogP contribution in [-0.2, 0) is 4.79 Å². The molecule has 114 valence electrons. The van der Waals surface area contributed by atoms with E-state index in [2.05, 4.69) is 12.2 Å². The highest BCUT2D eigenvalue weighted by molar-refractivity contribution is 5.91. The molecule has 1 heterocycles. The van der Waals surface area contributed by atoms with Gasteiger partial charge < -0.3 is 10.2 Å². The van der Waals surface area contributed by atoms with Crippen molar-refractivity contribution in [2.24, 2.45) is 5.92 Å². The molecule has 1 aliphatic rings. The molecule has 0 radical (unpaired) electrons. The van der Waals surface area contributed by atoms with E-state index >= 15 is 0 Å². The van der Waals surface area contributed by atoms with Gasteiger partial charge in [0, 0.05) is 19.2 Å². The first-order chi connectivity index (χ1) is 10.3. The van der Waals surface area contributed by atoms with Crippen LogP contribution in [0.3, 0.4) is 0 Å². The molecule has 21 heavy (non-hydrogen) atoms. The lowest BCUT2D eigenvalue weighted by atomic mass is 9.99. The molecule has 2 rings (SSSR count). The van der Waals surface area contributed by atoms with Crippen molar-refractivity contribution in [1.29, 1.82) is 0 Å². The molecule has 1 atom stereocenters. The molecule has 1 N–H and O–H groups in total. The van der Waals surface area contributed by atoms with E-state index in [1.807, 2.05) is 41.3 Å². The van der Waals surface area contributed by atoms with Crippen LogP contribution in [0.15, 0.2) is 36.4 Å². The lowest BCUT2D eigenvalue weighted by molar-refractivity contribution is -0.126. The fourth-order valence-corrected chi connectivity index (χ4v) is 2.79. The van der Waals surface area contributed by atoms with Crippen molar-refractivity contribution in [1.82, 2.24) is 10.2 Å². The number of rotatable bonds is 6. The third-order valence-corrected chi connectivity index (χ3v) is 3.90. The van der Waals surface area contributed by atoms with Crippen LogP contribution < -0.4 is 5.32 Å². The third kappa shape index (κ3) is 5.35. The average molecular weight is 286 g/mol. The quantitative estimate of drug-likeness (QED) is 0.816. The van der Waals surface area contributed by atoms with E-state index in [9.17, 15) is 4.79 Å². The maximum atomic E-state index is 12.4. The number of carbonyl (C=O) groups excluding carboxylic acids is 1. The number of hydrogen-bond acceptors (Lipinski definition) is 2. The standard InChI is InChI=1S/C18H26N2O/c1-2-13-20(15-17-9-6-12-19-14-17)18(21)11-10-16-7-4-3-5-8-16/h3-5,7-8,10-11,17,19H,2,6,9,12-15H2,1H3/b11-10+. The molecule has 0 saturated carbocycles. The first-order valence-electron chi connectivity index (χ1n) is 8.02. The molecular formula is C18H26N2O. The average Bonchev–Trinajstić information content (AvgIpc) is 2.54. The molecule has 1 aliphatic heterocycles. The molecule has 0 aromatic heterocycles. The second-order valence-electron chi connectivity index (χ2n) is 5.74. The molecule has 0 bridgehead atoms. The van der Waals surface area contributed by atoms with E-state index in [0.29, 0.717) is 5.92 Å². The monoisotopic (exact) mass is 286 g/mol. The summed E-state index contributed by atoms with van der Waals surface area (Å²) in [6.45, 7) is 6.00. The smallest absolute Gasteiger partial charge is 0.246 e. The molecular weight excluding hydrogens is 260 g/mol. The Bertz CT molecular complexity index is 450. The van der Waals surface area contributed by atoms with Gasteiger partial charge in [-0.1, -0.05) is 37.3 Å². The molecule has 3 nitrogen and oxygen atoms in total. The Balaban J connectivity index is 1.93. The maximum Gasteiger partial charge on any atom is 0.246 e. The van der Waals surface area contributed by atoms with Crippen LogP contribution >= 0.6 is 0 Å². The Labute approximate surface area is 128 Å². The van der Waals surface area contributed by atoms with E-state index in [4.69, 9.17) is 0 Å². The molecule has 1 aromatic carbocycles. The lowest BCUT2D eigenvalue weighted by Crippen LogP contribution is -2.40. The van der Waals surface area contributed by atoms with Crippen LogP contribution in [0.25, 0.3) is 6.08 Å². The number of carbonyl (C=O) groups is 1. The second kappa shape index (κ2) is 8.63. The van der Waals surface area contributed by atoms with Crippen LogP contribution in [0.2, 0.25) is 0 Å². The molecule has 1 fully saturated rings. The largest absolute Gasteiger partial charge is 0.339 e. The molecule has 0 spiro atoms. The fourth-order valence-electron chi connectivity index (χ4n) is 2.79. The van der Waals surface area contributed by atoms with Gasteiger partial charge >= 0.3 is 0 Å². The molecule has 1 aromatic rings. The van der Waals surface area contributed by atoms with Crippen molar-refractivity contribution in [3.05, 3.63) is 42.0 Å². The van der Waals surface area contributed by atoms with Crippen molar-refractivity contribution >= 4 is 12.0 Å².